The van der Waals surface area contributed by atoms with Gasteiger partial charge in [0.15, 0.2) is 0 Å². The Hall–Kier alpha value is -1.43. The van der Waals surface area contributed by atoms with Gasteiger partial charge < -0.3 is 14.4 Å². The summed E-state index contributed by atoms with van der Waals surface area (Å²) in [4.78, 5) is 16.8. The molecule has 0 unspecified atom stereocenters. The van der Waals surface area contributed by atoms with Crippen LogP contribution in [0, 0.1) is 0 Å². The summed E-state index contributed by atoms with van der Waals surface area (Å²) >= 11 is 0. The molecule has 24 heavy (non-hydrogen) atoms. The maximum absolute atomic E-state index is 12.4. The van der Waals surface area contributed by atoms with E-state index in [4.69, 9.17) is 9.47 Å². The van der Waals surface area contributed by atoms with Crippen LogP contribution in [0.25, 0.3) is 0 Å². The predicted octanol–water partition coefficient (Wildman–Crippen LogP) is 2.33. The van der Waals surface area contributed by atoms with Gasteiger partial charge in [-0.25, -0.2) is 0 Å². The van der Waals surface area contributed by atoms with Gasteiger partial charge in [-0.05, 0) is 25.8 Å². The number of hydrogen-bond acceptors (Lipinski definition) is 4. The first-order chi connectivity index (χ1) is 11.7. The van der Waals surface area contributed by atoms with Crippen LogP contribution in [0.2, 0.25) is 0 Å². The molecule has 1 saturated heterocycles. The van der Waals surface area contributed by atoms with Gasteiger partial charge in [0.05, 0.1) is 13.2 Å². The quantitative estimate of drug-likeness (QED) is 0.650. The summed E-state index contributed by atoms with van der Waals surface area (Å²) in [7, 11) is 1.63. The Kier molecular flexibility index (Phi) is 7.69. The molecule has 0 radical (unpaired) electrons. The van der Waals surface area contributed by atoms with Gasteiger partial charge in [0.2, 0.25) is 5.91 Å². The molecule has 1 aliphatic heterocycles. The molecule has 0 aromatic heterocycles. The molecule has 1 amide bonds. The van der Waals surface area contributed by atoms with Crippen LogP contribution in [0.3, 0.4) is 0 Å². The number of carbonyl (C=O) groups excluding carboxylic acids is 1. The molecule has 1 heterocycles. The molecule has 0 aliphatic carbocycles. The van der Waals surface area contributed by atoms with Crippen LogP contribution in [-0.4, -0.2) is 68.3 Å². The van der Waals surface area contributed by atoms with E-state index in [1.807, 2.05) is 17.9 Å². The van der Waals surface area contributed by atoms with Crippen molar-refractivity contribution in [3.05, 3.63) is 35.9 Å². The van der Waals surface area contributed by atoms with E-state index in [1.165, 1.54) is 5.56 Å². The number of benzene rings is 1. The molecule has 1 aliphatic rings. The minimum absolute atomic E-state index is 0.0767. The maximum Gasteiger partial charge on any atom is 0.248 e. The second kappa shape index (κ2) is 9.77. The molecule has 134 valence electrons. The number of methoxy groups -OCH3 is 1. The third-order valence-corrected chi connectivity index (χ3v) is 4.78. The zero-order valence-electron chi connectivity index (χ0n) is 15.1. The molecule has 0 saturated carbocycles. The minimum Gasteiger partial charge on any atom is -0.382 e. The lowest BCUT2D eigenvalue weighted by atomic mass is 10.1. The van der Waals surface area contributed by atoms with Gasteiger partial charge in [-0.2, -0.15) is 0 Å². The lowest BCUT2D eigenvalue weighted by Gasteiger charge is -2.29. The highest BCUT2D eigenvalue weighted by Gasteiger charge is 2.32. The van der Waals surface area contributed by atoms with Crippen LogP contribution in [0.15, 0.2) is 30.3 Å². The fourth-order valence-corrected chi connectivity index (χ4v) is 3.34. The van der Waals surface area contributed by atoms with Crippen molar-refractivity contribution in [2.24, 2.45) is 0 Å². The fourth-order valence-electron chi connectivity index (χ4n) is 3.34. The summed E-state index contributed by atoms with van der Waals surface area (Å²) < 4.78 is 10.3. The van der Waals surface area contributed by atoms with E-state index in [-0.39, 0.29) is 18.6 Å². The van der Waals surface area contributed by atoms with Gasteiger partial charge in [-0.1, -0.05) is 30.3 Å². The first-order valence-corrected chi connectivity index (χ1v) is 8.82. The first-order valence-electron chi connectivity index (χ1n) is 8.82. The number of hydrogen-bond donors (Lipinski definition) is 0. The summed E-state index contributed by atoms with van der Waals surface area (Å²) in [6.07, 6.45) is 1.02. The van der Waals surface area contributed by atoms with E-state index in [0.717, 1.165) is 26.1 Å². The average Bonchev–Trinajstić information content (AvgIpc) is 3.09. The van der Waals surface area contributed by atoms with Crippen molar-refractivity contribution in [3.63, 3.8) is 0 Å². The molecule has 0 N–H and O–H groups in total. The Balaban J connectivity index is 1.86. The second-order valence-electron chi connectivity index (χ2n) is 6.25. The van der Waals surface area contributed by atoms with Gasteiger partial charge in [-0.15, -0.1) is 0 Å². The topological polar surface area (TPSA) is 42.0 Å². The third kappa shape index (κ3) is 5.03. The summed E-state index contributed by atoms with van der Waals surface area (Å²) in [5.41, 5.74) is 1.33. The lowest BCUT2D eigenvalue weighted by molar-refractivity contribution is -0.138. The zero-order chi connectivity index (χ0) is 17.4. The minimum atomic E-state index is 0.0767. The van der Waals surface area contributed by atoms with Crippen LogP contribution < -0.4 is 0 Å². The largest absolute Gasteiger partial charge is 0.382 e. The lowest BCUT2D eigenvalue weighted by Crippen LogP contribution is -2.44. The molecule has 2 atom stereocenters. The summed E-state index contributed by atoms with van der Waals surface area (Å²) in [6.45, 7) is 8.07. The fraction of sp³-hybridized carbons (Fsp3) is 0.632. The molecule has 5 heteroatoms. The van der Waals surface area contributed by atoms with Crippen LogP contribution >= 0.6 is 0 Å². The summed E-state index contributed by atoms with van der Waals surface area (Å²) in [5.74, 6) is 0.0767. The first kappa shape index (κ1) is 18.9. The van der Waals surface area contributed by atoms with Crippen LogP contribution in [-0.2, 0) is 14.3 Å². The van der Waals surface area contributed by atoms with E-state index in [0.29, 0.717) is 19.3 Å². The molecule has 1 fully saturated rings. The van der Waals surface area contributed by atoms with E-state index >= 15 is 0 Å². The van der Waals surface area contributed by atoms with Gasteiger partial charge >= 0.3 is 0 Å². The van der Waals surface area contributed by atoms with E-state index in [9.17, 15) is 4.79 Å². The van der Waals surface area contributed by atoms with E-state index in [1.54, 1.807) is 7.11 Å². The van der Waals surface area contributed by atoms with Crippen LogP contribution in [0.4, 0.5) is 0 Å². The second-order valence-corrected chi connectivity index (χ2v) is 6.25. The molecule has 0 bridgehead atoms. The Bertz CT molecular complexity index is 495. The molecule has 5 nitrogen and oxygen atoms in total. The van der Waals surface area contributed by atoms with Gasteiger partial charge in [0.25, 0.3) is 0 Å². The van der Waals surface area contributed by atoms with Crippen LogP contribution in [0.1, 0.15) is 31.9 Å². The molecule has 0 spiro atoms. The highest BCUT2D eigenvalue weighted by Crippen LogP contribution is 2.26. The average molecular weight is 334 g/mol. The third-order valence-electron chi connectivity index (χ3n) is 4.78. The van der Waals surface area contributed by atoms with Crippen molar-refractivity contribution in [2.45, 2.75) is 32.4 Å². The van der Waals surface area contributed by atoms with E-state index in [2.05, 4.69) is 36.1 Å². The van der Waals surface area contributed by atoms with Crippen molar-refractivity contribution >= 4 is 5.91 Å². The van der Waals surface area contributed by atoms with Crippen molar-refractivity contribution in [3.8, 4) is 0 Å². The number of likely N-dealkylation sites (N-methyl/N-ethyl adjacent to an activating group) is 1. The van der Waals surface area contributed by atoms with Gasteiger partial charge in [0.1, 0.15) is 6.61 Å². The number of amides is 1. The number of nitrogens with zero attached hydrogens (tertiary/aromatic N) is 2. The van der Waals surface area contributed by atoms with Crippen molar-refractivity contribution in [1.29, 1.82) is 0 Å². The van der Waals surface area contributed by atoms with Gasteiger partial charge in [0, 0.05) is 38.8 Å². The Labute approximate surface area is 145 Å². The standard InChI is InChI=1S/C19H30N2O3/c1-4-21(19(22)15-24-13-12-23-3)18-10-11-20(14-18)16(2)17-8-6-5-7-9-17/h5-9,16,18H,4,10-15H2,1-3H3/t16-,18+/m0/s1. The summed E-state index contributed by atoms with van der Waals surface area (Å²) in [6, 6.07) is 11.2. The van der Waals surface area contributed by atoms with Crippen molar-refractivity contribution in [2.75, 3.05) is 46.6 Å². The number of ether oxygens (including phenoxy) is 2. The van der Waals surface area contributed by atoms with Gasteiger partial charge in [-0.3, -0.25) is 9.69 Å². The number of rotatable bonds is 9. The molecular formula is C19H30N2O3. The smallest absolute Gasteiger partial charge is 0.248 e. The molecule has 1 aromatic rings. The van der Waals surface area contributed by atoms with Crippen molar-refractivity contribution in [1.82, 2.24) is 9.80 Å². The predicted molar refractivity (Wildman–Crippen MR) is 94.9 cm³/mol. The number of likely N-dealkylation sites (tertiary alicyclic amines) is 1. The molecule has 2 rings (SSSR count). The summed E-state index contributed by atoms with van der Waals surface area (Å²) in [5, 5.41) is 0. The SMILES string of the molecule is CCN(C(=O)COCCOC)[C@@H]1CCN([C@@H](C)c2ccccc2)C1. The highest BCUT2D eigenvalue weighted by molar-refractivity contribution is 5.77. The number of carbonyl (C=O) groups is 1. The van der Waals surface area contributed by atoms with E-state index < -0.39 is 0 Å². The Morgan fingerprint density at radius 3 is 2.75 bits per heavy atom. The Morgan fingerprint density at radius 2 is 2.08 bits per heavy atom. The zero-order valence-corrected chi connectivity index (χ0v) is 15.1. The Morgan fingerprint density at radius 1 is 1.33 bits per heavy atom. The molecular weight excluding hydrogens is 304 g/mol. The molecule has 1 aromatic carbocycles. The highest BCUT2D eigenvalue weighted by atomic mass is 16.5. The van der Waals surface area contributed by atoms with Crippen molar-refractivity contribution < 1.29 is 14.3 Å². The van der Waals surface area contributed by atoms with Crippen LogP contribution in [0.5, 0.6) is 0 Å². The maximum atomic E-state index is 12.4. The monoisotopic (exact) mass is 334 g/mol. The normalized spacial score (nSPS) is 19.4.